The summed E-state index contributed by atoms with van der Waals surface area (Å²) in [6.07, 6.45) is 0.800. The molecule has 1 spiro atoms. The lowest BCUT2D eigenvalue weighted by atomic mass is 9.64. The fourth-order valence-electron chi connectivity index (χ4n) is 4.11. The minimum absolute atomic E-state index is 0.206. The lowest BCUT2D eigenvalue weighted by Crippen LogP contribution is -2.67. The molecular formula is C19H27N3O3S. The molecule has 2 aliphatic rings. The van der Waals surface area contributed by atoms with Crippen molar-refractivity contribution in [2.24, 2.45) is 11.8 Å². The van der Waals surface area contributed by atoms with Crippen molar-refractivity contribution in [3.63, 3.8) is 0 Å². The number of hydrogen-bond donors (Lipinski definition) is 4. The second-order valence-electron chi connectivity index (χ2n) is 8.07. The summed E-state index contributed by atoms with van der Waals surface area (Å²) in [7, 11) is 0. The van der Waals surface area contributed by atoms with Crippen molar-refractivity contribution in [2.75, 3.05) is 6.61 Å². The van der Waals surface area contributed by atoms with Crippen LogP contribution in [0.25, 0.3) is 0 Å². The van der Waals surface area contributed by atoms with Gasteiger partial charge in [-0.3, -0.25) is 10.2 Å². The number of rotatable bonds is 4. The molecule has 0 amide bonds. The first-order valence-electron chi connectivity index (χ1n) is 9.02. The number of carbonyl (C=O) groups is 1. The van der Waals surface area contributed by atoms with Crippen molar-refractivity contribution in [2.45, 2.75) is 50.8 Å². The van der Waals surface area contributed by atoms with Gasteiger partial charge in [0.05, 0.1) is 12.2 Å². The van der Waals surface area contributed by atoms with Crippen LogP contribution < -0.4 is 16.2 Å². The van der Waals surface area contributed by atoms with Crippen LogP contribution in [-0.4, -0.2) is 34.1 Å². The monoisotopic (exact) mass is 377 g/mol. The van der Waals surface area contributed by atoms with E-state index in [-0.39, 0.29) is 17.8 Å². The number of ether oxygens (including phenoxy) is 1. The van der Waals surface area contributed by atoms with Crippen LogP contribution in [0.5, 0.6) is 0 Å². The first kappa shape index (κ1) is 19.1. The minimum Gasteiger partial charge on any atom is -0.465 e. The van der Waals surface area contributed by atoms with E-state index in [9.17, 15) is 9.90 Å². The predicted molar refractivity (Wildman–Crippen MR) is 103 cm³/mol. The van der Waals surface area contributed by atoms with Gasteiger partial charge in [0, 0.05) is 12.3 Å². The molecule has 0 aromatic heterocycles. The van der Waals surface area contributed by atoms with Crippen molar-refractivity contribution >= 4 is 23.3 Å². The second-order valence-corrected chi connectivity index (χ2v) is 8.48. The van der Waals surface area contributed by atoms with Crippen molar-refractivity contribution in [1.82, 2.24) is 16.2 Å². The molecule has 2 fully saturated rings. The van der Waals surface area contributed by atoms with E-state index in [2.05, 4.69) is 16.2 Å². The average Bonchev–Trinajstić information content (AvgIpc) is 2.92. The summed E-state index contributed by atoms with van der Waals surface area (Å²) < 4.78 is 5.61. The number of aliphatic hydroxyl groups is 1. The first-order valence-corrected chi connectivity index (χ1v) is 9.42. The molecule has 6 nitrogen and oxygen atoms in total. The standard InChI is InChI=1S/C19H27N3O3S/c1-12(2)10-25-16(23)15-14(13-7-5-4-6-8-13)9-18(3,24)11-19(15)20-17(26)21-22-19/h4-8,12,14-15,22,24H,9-11H2,1-3H3,(H2,20,21,26)/t14-,15-,18-,19+/m0/s1. The van der Waals surface area contributed by atoms with Gasteiger partial charge in [-0.15, -0.1) is 0 Å². The van der Waals surface area contributed by atoms with E-state index in [1.807, 2.05) is 44.2 Å². The van der Waals surface area contributed by atoms with Crippen LogP contribution in [0.3, 0.4) is 0 Å². The zero-order chi connectivity index (χ0) is 18.9. The minimum atomic E-state index is -0.961. The molecule has 1 aliphatic heterocycles. The number of carbonyl (C=O) groups excluding carboxylic acids is 1. The zero-order valence-corrected chi connectivity index (χ0v) is 16.2. The van der Waals surface area contributed by atoms with Gasteiger partial charge in [0.2, 0.25) is 0 Å². The Labute approximate surface area is 159 Å². The fraction of sp³-hybridized carbons (Fsp3) is 0.579. The molecule has 4 N–H and O–H groups in total. The van der Waals surface area contributed by atoms with Crippen LogP contribution in [0.4, 0.5) is 0 Å². The third kappa shape index (κ3) is 3.84. The van der Waals surface area contributed by atoms with Gasteiger partial charge in [0.15, 0.2) is 5.11 Å². The van der Waals surface area contributed by atoms with E-state index in [4.69, 9.17) is 17.0 Å². The smallest absolute Gasteiger partial charge is 0.313 e. The summed E-state index contributed by atoms with van der Waals surface area (Å²) in [5, 5.41) is 14.5. The van der Waals surface area contributed by atoms with Gasteiger partial charge in [0.25, 0.3) is 0 Å². The maximum Gasteiger partial charge on any atom is 0.313 e. The van der Waals surface area contributed by atoms with Gasteiger partial charge in [-0.25, -0.2) is 5.43 Å². The maximum atomic E-state index is 13.1. The number of hydrogen-bond acceptors (Lipinski definition) is 5. The number of benzene rings is 1. The average molecular weight is 378 g/mol. The summed E-state index contributed by atoms with van der Waals surface area (Å²) in [4.78, 5) is 13.1. The van der Waals surface area contributed by atoms with Crippen LogP contribution in [0.1, 0.15) is 45.1 Å². The molecule has 142 valence electrons. The van der Waals surface area contributed by atoms with Gasteiger partial charge in [-0.1, -0.05) is 44.2 Å². The molecule has 4 atom stereocenters. The maximum absolute atomic E-state index is 13.1. The van der Waals surface area contributed by atoms with E-state index < -0.39 is 17.2 Å². The topological polar surface area (TPSA) is 82.6 Å². The molecule has 1 aromatic carbocycles. The Kier molecular flexibility index (Phi) is 5.23. The largest absolute Gasteiger partial charge is 0.465 e. The molecule has 0 unspecified atom stereocenters. The Balaban J connectivity index is 2.01. The summed E-state index contributed by atoms with van der Waals surface area (Å²) in [5.41, 5.74) is 5.17. The predicted octanol–water partition coefficient (Wildman–Crippen LogP) is 1.81. The first-order chi connectivity index (χ1) is 12.2. The Morgan fingerprint density at radius 2 is 2.08 bits per heavy atom. The van der Waals surface area contributed by atoms with E-state index in [0.717, 1.165) is 5.56 Å². The molecule has 26 heavy (non-hydrogen) atoms. The summed E-state index contributed by atoms with van der Waals surface area (Å²) in [6.45, 7) is 6.17. The van der Waals surface area contributed by atoms with Crippen LogP contribution in [0.15, 0.2) is 30.3 Å². The van der Waals surface area contributed by atoms with Gasteiger partial charge < -0.3 is 15.2 Å². The summed E-state index contributed by atoms with van der Waals surface area (Å²) in [5.74, 6) is -0.769. The van der Waals surface area contributed by atoms with Crippen LogP contribution in [0, 0.1) is 11.8 Å². The summed E-state index contributed by atoms with van der Waals surface area (Å²) >= 11 is 5.23. The quantitative estimate of drug-likeness (QED) is 0.471. The van der Waals surface area contributed by atoms with E-state index in [1.165, 1.54) is 0 Å². The molecule has 1 saturated carbocycles. The molecule has 3 rings (SSSR count). The third-order valence-electron chi connectivity index (χ3n) is 5.03. The number of thiocarbonyl (C=S) groups is 1. The van der Waals surface area contributed by atoms with Gasteiger partial charge in [-0.2, -0.15) is 0 Å². The Bertz CT molecular complexity index is 680. The molecule has 0 bridgehead atoms. The lowest BCUT2D eigenvalue weighted by molar-refractivity contribution is -0.160. The van der Waals surface area contributed by atoms with Gasteiger partial charge in [0.1, 0.15) is 11.6 Å². The molecule has 1 saturated heterocycles. The third-order valence-corrected chi connectivity index (χ3v) is 5.23. The van der Waals surface area contributed by atoms with E-state index in [0.29, 0.717) is 24.6 Å². The lowest BCUT2D eigenvalue weighted by Gasteiger charge is -2.49. The Morgan fingerprint density at radius 1 is 1.38 bits per heavy atom. The zero-order valence-electron chi connectivity index (χ0n) is 15.4. The number of hydrazine groups is 1. The highest BCUT2D eigenvalue weighted by Gasteiger charge is 2.58. The SMILES string of the molecule is CC(C)COC(=O)[C@@H]1[C@H](c2ccccc2)C[C@](C)(O)C[C@@]12NNC(=S)N2. The number of esters is 1. The Hall–Kier alpha value is -1.70. The normalized spacial score (nSPS) is 33.8. The van der Waals surface area contributed by atoms with E-state index in [1.54, 1.807) is 6.92 Å². The van der Waals surface area contributed by atoms with E-state index >= 15 is 0 Å². The van der Waals surface area contributed by atoms with Gasteiger partial charge >= 0.3 is 5.97 Å². The van der Waals surface area contributed by atoms with Crippen LogP contribution in [0.2, 0.25) is 0 Å². The summed E-state index contributed by atoms with van der Waals surface area (Å²) in [6, 6.07) is 9.81. The van der Waals surface area contributed by atoms with Crippen LogP contribution >= 0.6 is 12.2 Å². The molecule has 1 aliphatic carbocycles. The fourth-order valence-corrected chi connectivity index (χ4v) is 4.34. The molecule has 1 aromatic rings. The molecule has 1 heterocycles. The van der Waals surface area contributed by atoms with Crippen molar-refractivity contribution < 1.29 is 14.6 Å². The molecule has 7 heteroatoms. The van der Waals surface area contributed by atoms with Crippen molar-refractivity contribution in [1.29, 1.82) is 0 Å². The van der Waals surface area contributed by atoms with Crippen LogP contribution in [-0.2, 0) is 9.53 Å². The molecular weight excluding hydrogens is 350 g/mol. The highest BCUT2D eigenvalue weighted by Crippen LogP contribution is 2.47. The second kappa shape index (κ2) is 7.13. The highest BCUT2D eigenvalue weighted by molar-refractivity contribution is 7.80. The van der Waals surface area contributed by atoms with Gasteiger partial charge in [-0.05, 0) is 37.0 Å². The number of nitrogens with one attached hydrogen (secondary N) is 3. The van der Waals surface area contributed by atoms with Crippen molar-refractivity contribution in [3.8, 4) is 0 Å². The Morgan fingerprint density at radius 3 is 2.65 bits per heavy atom. The molecule has 0 radical (unpaired) electrons. The van der Waals surface area contributed by atoms with Crippen molar-refractivity contribution in [3.05, 3.63) is 35.9 Å². The highest BCUT2D eigenvalue weighted by atomic mass is 32.1.